The van der Waals surface area contributed by atoms with Gasteiger partial charge in [-0.1, -0.05) is 44.2 Å². The van der Waals surface area contributed by atoms with Crippen molar-refractivity contribution in [1.29, 1.82) is 10.5 Å². The van der Waals surface area contributed by atoms with Crippen molar-refractivity contribution in [2.45, 2.75) is 58.3 Å². The number of aromatic nitrogens is 5. The largest absolute Gasteiger partial charge is 0.413 e. The first-order valence-electron chi connectivity index (χ1n) is 14.5. The second kappa shape index (κ2) is 10.7. The number of halogens is 3. The minimum absolute atomic E-state index is 0.0643. The Hall–Kier alpha value is -5.23. The first-order valence-corrected chi connectivity index (χ1v) is 14.5. The minimum Gasteiger partial charge on any atom is -0.383 e. The number of alkyl halides is 3. The van der Waals surface area contributed by atoms with E-state index in [1.165, 1.54) is 12.4 Å². The molecule has 9 nitrogen and oxygen atoms in total. The zero-order chi connectivity index (χ0) is 32.1. The molecular formula is C33H30F3N9. The van der Waals surface area contributed by atoms with Crippen molar-refractivity contribution in [2.24, 2.45) is 5.41 Å². The van der Waals surface area contributed by atoms with E-state index >= 15 is 0 Å². The highest BCUT2D eigenvalue weighted by Crippen LogP contribution is 2.55. The van der Waals surface area contributed by atoms with Crippen LogP contribution >= 0.6 is 0 Å². The summed E-state index contributed by atoms with van der Waals surface area (Å²) in [7, 11) is 0. The van der Waals surface area contributed by atoms with Crippen LogP contribution in [0.2, 0.25) is 0 Å². The second-order valence-electron chi connectivity index (χ2n) is 12.7. The van der Waals surface area contributed by atoms with Crippen LogP contribution < -0.4 is 10.6 Å². The third-order valence-corrected chi connectivity index (χ3v) is 8.13. The van der Waals surface area contributed by atoms with Crippen molar-refractivity contribution in [3.63, 3.8) is 0 Å². The lowest BCUT2D eigenvalue weighted by molar-refractivity contribution is -0.182. The molecule has 3 aromatic heterocycles. The van der Waals surface area contributed by atoms with Crippen LogP contribution in [0, 0.1) is 35.0 Å². The monoisotopic (exact) mass is 609 g/mol. The number of nitrogens with one attached hydrogen (secondary N) is 2. The predicted molar refractivity (Wildman–Crippen MR) is 164 cm³/mol. The SMILES string of the molecule is Cc1cncc2cccc(C(Nc3cc(C#N)c4ncc(C#N)c(NCC(C)(C)C)c4c3)c3cn(C4(C(F)(F)F)CC4)nn3)c12. The van der Waals surface area contributed by atoms with Gasteiger partial charge >= 0.3 is 6.18 Å². The lowest BCUT2D eigenvalue weighted by Crippen LogP contribution is -2.35. The van der Waals surface area contributed by atoms with E-state index in [2.05, 4.69) is 63.8 Å². The van der Waals surface area contributed by atoms with Crippen molar-refractivity contribution in [3.8, 4) is 12.1 Å². The summed E-state index contributed by atoms with van der Waals surface area (Å²) < 4.78 is 43.0. The number of hydrogen-bond donors (Lipinski definition) is 2. The average Bonchev–Trinajstić information content (AvgIpc) is 3.69. The molecule has 0 radical (unpaired) electrons. The molecule has 228 valence electrons. The van der Waals surface area contributed by atoms with Crippen LogP contribution in [0.15, 0.2) is 55.1 Å². The topological polar surface area (TPSA) is 128 Å². The number of benzene rings is 2. The average molecular weight is 610 g/mol. The molecule has 1 unspecified atom stereocenters. The molecule has 1 aliphatic rings. The van der Waals surface area contributed by atoms with Gasteiger partial charge in [-0.25, -0.2) is 4.68 Å². The summed E-state index contributed by atoms with van der Waals surface area (Å²) in [6, 6.07) is 12.7. The maximum absolute atomic E-state index is 14.0. The number of rotatable bonds is 7. The van der Waals surface area contributed by atoms with Gasteiger partial charge in [0, 0.05) is 41.6 Å². The Morgan fingerprint density at radius 1 is 1.04 bits per heavy atom. The smallest absolute Gasteiger partial charge is 0.383 e. The number of hydrogen-bond acceptors (Lipinski definition) is 8. The summed E-state index contributed by atoms with van der Waals surface area (Å²) in [5.74, 6) is 0. The molecule has 2 aromatic carbocycles. The summed E-state index contributed by atoms with van der Waals surface area (Å²) in [5.41, 5.74) is 1.81. The highest BCUT2D eigenvalue weighted by atomic mass is 19.4. The lowest BCUT2D eigenvalue weighted by atomic mass is 9.94. The number of pyridine rings is 2. The summed E-state index contributed by atoms with van der Waals surface area (Å²) in [6.07, 6.45) is 1.67. The first kappa shape index (κ1) is 29.8. The van der Waals surface area contributed by atoms with E-state index in [9.17, 15) is 23.7 Å². The molecule has 1 saturated carbocycles. The summed E-state index contributed by atoms with van der Waals surface area (Å²) in [4.78, 5) is 8.73. The molecule has 6 rings (SSSR count). The van der Waals surface area contributed by atoms with Gasteiger partial charge in [0.05, 0.1) is 34.6 Å². The van der Waals surface area contributed by atoms with E-state index < -0.39 is 17.8 Å². The van der Waals surface area contributed by atoms with Crippen molar-refractivity contribution in [3.05, 3.63) is 83.1 Å². The van der Waals surface area contributed by atoms with E-state index in [0.29, 0.717) is 34.4 Å². The van der Waals surface area contributed by atoms with Crippen molar-refractivity contribution >= 4 is 33.1 Å². The fourth-order valence-electron chi connectivity index (χ4n) is 5.64. The Kier molecular flexibility index (Phi) is 7.12. The quantitative estimate of drug-likeness (QED) is 0.199. The third-order valence-electron chi connectivity index (χ3n) is 8.13. The third kappa shape index (κ3) is 5.37. The van der Waals surface area contributed by atoms with Gasteiger partial charge in [-0.05, 0) is 53.8 Å². The van der Waals surface area contributed by atoms with E-state index in [-0.39, 0.29) is 29.5 Å². The van der Waals surface area contributed by atoms with Crippen LogP contribution in [-0.2, 0) is 5.54 Å². The molecule has 0 amide bonds. The summed E-state index contributed by atoms with van der Waals surface area (Å²) in [5, 5.41) is 37.3. The van der Waals surface area contributed by atoms with Crippen LogP contribution in [0.3, 0.4) is 0 Å². The van der Waals surface area contributed by atoms with Gasteiger partial charge in [-0.3, -0.25) is 9.97 Å². The molecule has 5 aromatic rings. The van der Waals surface area contributed by atoms with Crippen LogP contribution in [-0.4, -0.2) is 37.7 Å². The highest BCUT2D eigenvalue weighted by molar-refractivity contribution is 5.99. The fraction of sp³-hybridized carbons (Fsp3) is 0.333. The summed E-state index contributed by atoms with van der Waals surface area (Å²) >= 11 is 0. The molecule has 1 fully saturated rings. The molecule has 2 N–H and O–H groups in total. The number of fused-ring (bicyclic) bond motifs is 2. The van der Waals surface area contributed by atoms with E-state index in [4.69, 9.17) is 0 Å². The minimum atomic E-state index is -4.47. The zero-order valence-electron chi connectivity index (χ0n) is 25.2. The Labute approximate surface area is 257 Å². The first-order chi connectivity index (χ1) is 21.3. The Balaban J connectivity index is 1.53. The molecule has 0 spiro atoms. The zero-order valence-corrected chi connectivity index (χ0v) is 25.2. The van der Waals surface area contributed by atoms with E-state index in [1.807, 2.05) is 25.1 Å². The summed E-state index contributed by atoms with van der Waals surface area (Å²) in [6.45, 7) is 8.66. The van der Waals surface area contributed by atoms with Gasteiger partial charge in [-0.15, -0.1) is 5.10 Å². The van der Waals surface area contributed by atoms with Crippen molar-refractivity contribution in [1.82, 2.24) is 25.0 Å². The van der Waals surface area contributed by atoms with Crippen LogP contribution in [0.5, 0.6) is 0 Å². The fourth-order valence-corrected chi connectivity index (χ4v) is 5.64. The van der Waals surface area contributed by atoms with Gasteiger partial charge in [0.1, 0.15) is 17.8 Å². The highest BCUT2D eigenvalue weighted by Gasteiger charge is 2.66. The molecular weight excluding hydrogens is 579 g/mol. The molecule has 1 atom stereocenters. The van der Waals surface area contributed by atoms with Gasteiger partial charge in [-0.2, -0.15) is 23.7 Å². The van der Waals surface area contributed by atoms with Crippen LogP contribution in [0.25, 0.3) is 21.7 Å². The van der Waals surface area contributed by atoms with E-state index in [1.54, 1.807) is 24.5 Å². The van der Waals surface area contributed by atoms with Gasteiger partial charge < -0.3 is 10.6 Å². The molecule has 0 bridgehead atoms. The van der Waals surface area contributed by atoms with Gasteiger partial charge in [0.25, 0.3) is 0 Å². The van der Waals surface area contributed by atoms with Crippen LogP contribution in [0.4, 0.5) is 24.5 Å². The van der Waals surface area contributed by atoms with Gasteiger partial charge in [0.15, 0.2) is 5.54 Å². The van der Waals surface area contributed by atoms with Crippen molar-refractivity contribution < 1.29 is 13.2 Å². The number of anilines is 2. The predicted octanol–water partition coefficient (Wildman–Crippen LogP) is 7.14. The lowest BCUT2D eigenvalue weighted by Gasteiger charge is -2.23. The molecule has 45 heavy (non-hydrogen) atoms. The van der Waals surface area contributed by atoms with E-state index in [0.717, 1.165) is 26.6 Å². The number of nitriles is 2. The maximum Gasteiger partial charge on any atom is 0.413 e. The molecule has 12 heteroatoms. The van der Waals surface area contributed by atoms with Gasteiger partial charge in [0.2, 0.25) is 0 Å². The molecule has 0 aliphatic heterocycles. The standard InChI is InChI=1S/C33H30F3N9/c1-19-14-39-15-20-6-5-7-24(27(19)20)30(26-17-45(44-43-26)32(8-9-32)33(34,35)36)42-23-10-21(12-37)28-25(11-23)29(22(13-38)16-40-28)41-18-31(2,3)4/h5-7,10-11,14-17,30,42H,8-9,18H2,1-4H3,(H,40,41). The molecule has 3 heterocycles. The van der Waals surface area contributed by atoms with Crippen LogP contribution in [0.1, 0.15) is 67.6 Å². The Bertz CT molecular complexity index is 2020. The second-order valence-corrected chi connectivity index (χ2v) is 12.7. The molecule has 0 saturated heterocycles. The van der Waals surface area contributed by atoms with Crippen molar-refractivity contribution in [2.75, 3.05) is 17.2 Å². The Morgan fingerprint density at radius 3 is 2.47 bits per heavy atom. The Morgan fingerprint density at radius 2 is 1.80 bits per heavy atom. The number of aryl methyl sites for hydroxylation is 1. The molecule has 1 aliphatic carbocycles. The maximum atomic E-state index is 14.0. The normalized spacial score (nSPS) is 15.0. The number of nitrogens with zero attached hydrogens (tertiary/aromatic N) is 7.